The van der Waals surface area contributed by atoms with Gasteiger partial charge in [0.2, 0.25) is 0 Å². The van der Waals surface area contributed by atoms with Crippen LogP contribution in [0.25, 0.3) is 0 Å². The molecule has 0 N–H and O–H groups in total. The first-order valence-electron chi connectivity index (χ1n) is 7.88. The third-order valence-electron chi connectivity index (χ3n) is 4.09. The Bertz CT molecular complexity index is 533. The fourth-order valence-corrected chi connectivity index (χ4v) is 2.88. The van der Waals surface area contributed by atoms with Crippen LogP contribution in [0.2, 0.25) is 0 Å². The maximum atomic E-state index is 5.82. The van der Waals surface area contributed by atoms with E-state index in [1.54, 1.807) is 6.26 Å². The fraction of sp³-hybridized carbons (Fsp3) is 0.529. The number of rotatable bonds is 5. The van der Waals surface area contributed by atoms with E-state index < -0.39 is 0 Å². The monoisotopic (exact) mass is 288 g/mol. The second kappa shape index (κ2) is 6.96. The summed E-state index contributed by atoms with van der Waals surface area (Å²) in [4.78, 5) is 4.96. The van der Waals surface area contributed by atoms with E-state index in [9.17, 15) is 0 Å². The van der Waals surface area contributed by atoms with Crippen molar-refractivity contribution < 1.29 is 8.83 Å². The van der Waals surface area contributed by atoms with Gasteiger partial charge in [-0.1, -0.05) is 6.92 Å². The summed E-state index contributed by atoms with van der Waals surface area (Å²) < 4.78 is 11.3. The Kier molecular flexibility index (Phi) is 4.78. The third kappa shape index (κ3) is 3.99. The van der Waals surface area contributed by atoms with Gasteiger partial charge in [-0.2, -0.15) is 0 Å². The molecule has 0 spiro atoms. The Hall–Kier alpha value is -1.52. The molecule has 4 heteroatoms. The Morgan fingerprint density at radius 1 is 0.905 bits per heavy atom. The molecule has 0 unspecified atom stereocenters. The number of nitrogens with zero attached hydrogens (tertiary/aromatic N) is 2. The van der Waals surface area contributed by atoms with E-state index in [0.29, 0.717) is 0 Å². The van der Waals surface area contributed by atoms with Gasteiger partial charge in [-0.05, 0) is 43.8 Å². The maximum absolute atomic E-state index is 5.82. The normalized spacial score (nSPS) is 18.0. The molecule has 3 rings (SSSR count). The molecule has 0 bridgehead atoms. The smallest absolute Gasteiger partial charge is 0.118 e. The third-order valence-corrected chi connectivity index (χ3v) is 4.09. The van der Waals surface area contributed by atoms with E-state index in [1.807, 2.05) is 6.07 Å². The molecule has 1 aliphatic rings. The first-order valence-corrected chi connectivity index (χ1v) is 7.88. The van der Waals surface area contributed by atoms with E-state index in [4.69, 9.17) is 8.83 Å². The Morgan fingerprint density at radius 2 is 1.62 bits per heavy atom. The van der Waals surface area contributed by atoms with Gasteiger partial charge in [0.05, 0.1) is 19.4 Å². The van der Waals surface area contributed by atoms with E-state index in [0.717, 1.165) is 63.0 Å². The molecule has 0 saturated carbocycles. The highest BCUT2D eigenvalue weighted by Gasteiger charge is 2.16. The van der Waals surface area contributed by atoms with Gasteiger partial charge in [0.15, 0.2) is 0 Å². The molecule has 0 atom stereocenters. The summed E-state index contributed by atoms with van der Waals surface area (Å²) in [6.45, 7) is 8.41. The van der Waals surface area contributed by atoms with Crippen molar-refractivity contribution in [3.63, 3.8) is 0 Å². The predicted octanol–water partition coefficient (Wildman–Crippen LogP) is 3.14. The molecule has 1 aliphatic heterocycles. The van der Waals surface area contributed by atoms with Gasteiger partial charge in [-0.25, -0.2) is 0 Å². The zero-order valence-electron chi connectivity index (χ0n) is 12.8. The molecule has 0 aliphatic carbocycles. The van der Waals surface area contributed by atoms with Crippen LogP contribution in [-0.2, 0) is 19.5 Å². The highest BCUT2D eigenvalue weighted by atomic mass is 16.3. The molecular formula is C17H24N2O2. The fourth-order valence-electron chi connectivity index (χ4n) is 2.88. The predicted molar refractivity (Wildman–Crippen MR) is 82.0 cm³/mol. The molecule has 0 aromatic carbocycles. The van der Waals surface area contributed by atoms with Crippen molar-refractivity contribution in [2.45, 2.75) is 32.9 Å². The van der Waals surface area contributed by atoms with E-state index in [-0.39, 0.29) is 0 Å². The molecule has 21 heavy (non-hydrogen) atoms. The molecule has 114 valence electrons. The molecule has 2 aromatic heterocycles. The average molecular weight is 288 g/mol. The van der Waals surface area contributed by atoms with Gasteiger partial charge in [0.25, 0.3) is 0 Å². The molecule has 4 nitrogen and oxygen atoms in total. The van der Waals surface area contributed by atoms with Crippen LogP contribution in [0.15, 0.2) is 39.4 Å². The van der Waals surface area contributed by atoms with E-state index in [1.165, 1.54) is 6.42 Å². The highest BCUT2D eigenvalue weighted by molar-refractivity contribution is 5.07. The Morgan fingerprint density at radius 3 is 2.24 bits per heavy atom. The van der Waals surface area contributed by atoms with Crippen molar-refractivity contribution in [3.8, 4) is 0 Å². The van der Waals surface area contributed by atoms with Gasteiger partial charge in [-0.15, -0.1) is 0 Å². The summed E-state index contributed by atoms with van der Waals surface area (Å²) in [6.07, 6.45) is 3.92. The van der Waals surface area contributed by atoms with Gasteiger partial charge in [0.1, 0.15) is 17.3 Å². The Labute approximate surface area is 126 Å². The van der Waals surface area contributed by atoms with E-state index >= 15 is 0 Å². The summed E-state index contributed by atoms with van der Waals surface area (Å²) >= 11 is 0. The van der Waals surface area contributed by atoms with E-state index in [2.05, 4.69) is 34.9 Å². The molecule has 1 saturated heterocycles. The van der Waals surface area contributed by atoms with Gasteiger partial charge in [0, 0.05) is 19.5 Å². The Balaban J connectivity index is 1.50. The lowest BCUT2D eigenvalue weighted by atomic mass is 10.3. The van der Waals surface area contributed by atoms with Crippen molar-refractivity contribution in [1.29, 1.82) is 0 Å². The van der Waals surface area contributed by atoms with Crippen LogP contribution in [0.1, 0.15) is 30.6 Å². The van der Waals surface area contributed by atoms with Crippen LogP contribution >= 0.6 is 0 Å². The van der Waals surface area contributed by atoms with Crippen LogP contribution in [0, 0.1) is 0 Å². The molecule has 2 aromatic rings. The largest absolute Gasteiger partial charge is 0.468 e. The summed E-state index contributed by atoms with van der Waals surface area (Å²) in [6, 6.07) is 8.22. The first-order chi connectivity index (χ1) is 10.3. The number of hydrogen-bond donors (Lipinski definition) is 0. The topological polar surface area (TPSA) is 32.8 Å². The highest BCUT2D eigenvalue weighted by Crippen LogP contribution is 2.14. The minimum Gasteiger partial charge on any atom is -0.468 e. The molecule has 0 amide bonds. The summed E-state index contributed by atoms with van der Waals surface area (Å²) in [5.41, 5.74) is 0. The lowest BCUT2D eigenvalue weighted by Gasteiger charge is -2.20. The number of furan rings is 2. The van der Waals surface area contributed by atoms with Crippen molar-refractivity contribution in [2.24, 2.45) is 0 Å². The minimum atomic E-state index is 0.918. The first kappa shape index (κ1) is 14.4. The van der Waals surface area contributed by atoms with Crippen molar-refractivity contribution in [3.05, 3.63) is 47.8 Å². The minimum absolute atomic E-state index is 0.918. The van der Waals surface area contributed by atoms with Crippen LogP contribution in [-0.4, -0.2) is 36.0 Å². The quantitative estimate of drug-likeness (QED) is 0.846. The maximum Gasteiger partial charge on any atom is 0.118 e. The second-order valence-electron chi connectivity index (χ2n) is 5.71. The van der Waals surface area contributed by atoms with Crippen molar-refractivity contribution in [1.82, 2.24) is 9.80 Å². The van der Waals surface area contributed by atoms with Crippen LogP contribution in [0.3, 0.4) is 0 Å². The number of hydrogen-bond acceptors (Lipinski definition) is 4. The molecule has 3 heterocycles. The standard InChI is InChI=1S/C17H24N2O2/c1-2-15-6-7-17(21-15)14-19-9-4-8-18(10-11-19)13-16-5-3-12-20-16/h3,5-7,12H,2,4,8-11,13-14H2,1H3. The molecule has 1 fully saturated rings. The van der Waals surface area contributed by atoms with Crippen molar-refractivity contribution in [2.75, 3.05) is 26.2 Å². The van der Waals surface area contributed by atoms with Gasteiger partial charge >= 0.3 is 0 Å². The lowest BCUT2D eigenvalue weighted by Crippen LogP contribution is -2.30. The lowest BCUT2D eigenvalue weighted by molar-refractivity contribution is 0.225. The summed E-state index contributed by atoms with van der Waals surface area (Å²) in [5, 5.41) is 0. The number of aryl methyl sites for hydroxylation is 1. The summed E-state index contributed by atoms with van der Waals surface area (Å²) in [7, 11) is 0. The van der Waals surface area contributed by atoms with Crippen LogP contribution in [0.4, 0.5) is 0 Å². The zero-order valence-corrected chi connectivity index (χ0v) is 12.8. The molecule has 0 radical (unpaired) electrons. The van der Waals surface area contributed by atoms with Crippen molar-refractivity contribution >= 4 is 0 Å². The second-order valence-corrected chi connectivity index (χ2v) is 5.71. The zero-order chi connectivity index (χ0) is 14.5. The summed E-state index contributed by atoms with van der Waals surface area (Å²) in [5.74, 6) is 3.23. The molecular weight excluding hydrogens is 264 g/mol. The van der Waals surface area contributed by atoms with Crippen LogP contribution < -0.4 is 0 Å². The van der Waals surface area contributed by atoms with Gasteiger partial charge in [-0.3, -0.25) is 9.80 Å². The van der Waals surface area contributed by atoms with Gasteiger partial charge < -0.3 is 8.83 Å². The SMILES string of the molecule is CCc1ccc(CN2CCCN(Cc3ccco3)CC2)o1. The van der Waals surface area contributed by atoms with Crippen LogP contribution in [0.5, 0.6) is 0 Å². The average Bonchev–Trinajstić information content (AvgIpc) is 3.10.